The number of nitrogens with one attached hydrogen (secondary N) is 1. The first-order chi connectivity index (χ1) is 16.4. The molecule has 0 spiro atoms. The zero-order chi connectivity index (χ0) is 24.2. The van der Waals surface area contributed by atoms with Crippen molar-refractivity contribution in [2.75, 3.05) is 19.0 Å². The molecule has 0 fully saturated rings. The van der Waals surface area contributed by atoms with Crippen LogP contribution < -0.4 is 14.8 Å². The summed E-state index contributed by atoms with van der Waals surface area (Å²) in [6, 6.07) is 15.5. The fourth-order valence-corrected chi connectivity index (χ4v) is 4.19. The minimum absolute atomic E-state index is 0.0811. The number of carbonyl (C=O) groups is 1. The number of amides is 1. The smallest absolute Gasteiger partial charge is 0.224 e. The summed E-state index contributed by atoms with van der Waals surface area (Å²) in [5, 5.41) is 8.71. The molecule has 0 bridgehead atoms. The lowest BCUT2D eigenvalue weighted by Crippen LogP contribution is -2.13. The second-order valence-corrected chi connectivity index (χ2v) is 8.27. The van der Waals surface area contributed by atoms with Crippen LogP contribution in [0.1, 0.15) is 35.7 Å². The number of methoxy groups -OCH3 is 1. The van der Waals surface area contributed by atoms with Crippen LogP contribution in [0, 0.1) is 20.8 Å². The molecule has 7 nitrogen and oxygen atoms in total. The van der Waals surface area contributed by atoms with Crippen LogP contribution in [0.4, 0.5) is 5.69 Å². The molecule has 0 saturated heterocycles. The van der Waals surface area contributed by atoms with E-state index < -0.39 is 0 Å². The average Bonchev–Trinajstić information content (AvgIpc) is 3.15. The van der Waals surface area contributed by atoms with E-state index in [1.165, 1.54) is 0 Å². The van der Waals surface area contributed by atoms with Crippen molar-refractivity contribution < 1.29 is 14.3 Å². The van der Waals surface area contributed by atoms with E-state index >= 15 is 0 Å². The van der Waals surface area contributed by atoms with Gasteiger partial charge in [-0.15, -0.1) is 0 Å². The molecule has 2 heterocycles. The minimum atomic E-state index is -0.0811. The normalized spacial score (nSPS) is 11.0. The van der Waals surface area contributed by atoms with Gasteiger partial charge in [-0.3, -0.25) is 4.79 Å². The highest BCUT2D eigenvalue weighted by Crippen LogP contribution is 2.32. The minimum Gasteiger partial charge on any atom is -0.497 e. The summed E-state index contributed by atoms with van der Waals surface area (Å²) in [7, 11) is 1.60. The molecule has 7 heteroatoms. The zero-order valence-electron chi connectivity index (χ0n) is 20.3. The van der Waals surface area contributed by atoms with Gasteiger partial charge in [0.25, 0.3) is 0 Å². The maximum atomic E-state index is 12.7. The Morgan fingerprint density at radius 1 is 1.09 bits per heavy atom. The van der Waals surface area contributed by atoms with Gasteiger partial charge in [0, 0.05) is 29.1 Å². The van der Waals surface area contributed by atoms with E-state index in [-0.39, 0.29) is 5.91 Å². The number of benzene rings is 2. The van der Waals surface area contributed by atoms with E-state index in [4.69, 9.17) is 19.6 Å². The molecule has 1 amide bonds. The predicted molar refractivity (Wildman–Crippen MR) is 134 cm³/mol. The Bertz CT molecular complexity index is 1340. The molecule has 0 atom stereocenters. The lowest BCUT2D eigenvalue weighted by molar-refractivity contribution is -0.116. The van der Waals surface area contributed by atoms with Crippen molar-refractivity contribution in [2.45, 2.75) is 40.5 Å². The summed E-state index contributed by atoms with van der Waals surface area (Å²) in [5.41, 5.74) is 6.44. The first-order valence-electron chi connectivity index (χ1n) is 11.4. The standard InChI is InChI=1S/C27H30N4O3/c1-6-34-27-23(13-14-24(32)28-20-10-8-12-22(16-20)33-5)18(3)25-19(4)30-31(26(25)29-27)21-11-7-9-17(2)15-21/h7-12,15-16H,6,13-14H2,1-5H3,(H,28,32). The SMILES string of the molecule is CCOc1nc2c(c(C)nn2-c2cccc(C)c2)c(C)c1CCC(=O)Nc1cccc(OC)c1. The van der Waals surface area contributed by atoms with E-state index in [2.05, 4.69) is 31.3 Å². The second-order valence-electron chi connectivity index (χ2n) is 8.27. The highest BCUT2D eigenvalue weighted by Gasteiger charge is 2.20. The monoisotopic (exact) mass is 458 g/mol. The zero-order valence-corrected chi connectivity index (χ0v) is 20.3. The van der Waals surface area contributed by atoms with Crippen LogP contribution >= 0.6 is 0 Å². The van der Waals surface area contributed by atoms with Crippen LogP contribution in [0.25, 0.3) is 16.7 Å². The molecule has 2 aromatic carbocycles. The van der Waals surface area contributed by atoms with Gasteiger partial charge in [-0.05, 0) is 69.5 Å². The maximum absolute atomic E-state index is 12.7. The van der Waals surface area contributed by atoms with Crippen LogP contribution in [-0.2, 0) is 11.2 Å². The number of hydrogen-bond acceptors (Lipinski definition) is 5. The Labute approximate surface area is 199 Å². The number of aryl methyl sites for hydroxylation is 3. The number of nitrogens with zero attached hydrogens (tertiary/aromatic N) is 3. The van der Waals surface area contributed by atoms with Crippen molar-refractivity contribution in [2.24, 2.45) is 0 Å². The summed E-state index contributed by atoms with van der Waals surface area (Å²) in [6.07, 6.45) is 0.811. The van der Waals surface area contributed by atoms with Crippen LogP contribution in [-0.4, -0.2) is 34.4 Å². The molecular formula is C27H30N4O3. The van der Waals surface area contributed by atoms with Crippen molar-refractivity contribution in [3.05, 3.63) is 70.9 Å². The number of aromatic nitrogens is 3. The molecule has 34 heavy (non-hydrogen) atoms. The molecule has 0 aliphatic heterocycles. The third kappa shape index (κ3) is 4.73. The van der Waals surface area contributed by atoms with E-state index in [0.717, 1.165) is 39.1 Å². The summed E-state index contributed by atoms with van der Waals surface area (Å²) < 4.78 is 13.0. The second kappa shape index (κ2) is 9.95. The molecule has 2 aromatic heterocycles. The summed E-state index contributed by atoms with van der Waals surface area (Å²) in [5.74, 6) is 1.17. The summed E-state index contributed by atoms with van der Waals surface area (Å²) in [6.45, 7) is 8.52. The third-order valence-electron chi connectivity index (χ3n) is 5.81. The fraction of sp³-hybridized carbons (Fsp3) is 0.296. The molecule has 0 aliphatic rings. The highest BCUT2D eigenvalue weighted by molar-refractivity contribution is 5.91. The van der Waals surface area contributed by atoms with Gasteiger partial charge in [-0.2, -0.15) is 10.1 Å². The molecule has 1 N–H and O–H groups in total. The number of fused-ring (bicyclic) bond motifs is 1. The molecule has 0 saturated carbocycles. The molecule has 0 radical (unpaired) electrons. The van der Waals surface area contributed by atoms with E-state index in [1.54, 1.807) is 13.2 Å². The lowest BCUT2D eigenvalue weighted by Gasteiger charge is -2.14. The predicted octanol–water partition coefficient (Wildman–Crippen LogP) is 5.32. The number of pyridine rings is 1. The summed E-state index contributed by atoms with van der Waals surface area (Å²) in [4.78, 5) is 17.6. The quantitative estimate of drug-likeness (QED) is 0.386. The molecule has 176 valence electrons. The fourth-order valence-electron chi connectivity index (χ4n) is 4.19. The van der Waals surface area contributed by atoms with Crippen molar-refractivity contribution in [3.63, 3.8) is 0 Å². The van der Waals surface area contributed by atoms with Gasteiger partial charge in [0.05, 0.1) is 25.1 Å². The van der Waals surface area contributed by atoms with Crippen LogP contribution in [0.3, 0.4) is 0 Å². The molecule has 0 aliphatic carbocycles. The molecular weight excluding hydrogens is 428 g/mol. The Balaban J connectivity index is 1.65. The molecule has 4 aromatic rings. The van der Waals surface area contributed by atoms with Gasteiger partial charge in [-0.25, -0.2) is 4.68 Å². The van der Waals surface area contributed by atoms with Gasteiger partial charge in [0.2, 0.25) is 11.8 Å². The van der Waals surface area contributed by atoms with Gasteiger partial charge in [-0.1, -0.05) is 18.2 Å². The van der Waals surface area contributed by atoms with Crippen molar-refractivity contribution in [3.8, 4) is 17.3 Å². The van der Waals surface area contributed by atoms with Gasteiger partial charge in [0.1, 0.15) is 5.75 Å². The van der Waals surface area contributed by atoms with Gasteiger partial charge in [0.15, 0.2) is 5.65 Å². The Kier molecular flexibility index (Phi) is 6.82. The highest BCUT2D eigenvalue weighted by atomic mass is 16.5. The summed E-state index contributed by atoms with van der Waals surface area (Å²) >= 11 is 0. The van der Waals surface area contributed by atoms with Crippen LogP contribution in [0.5, 0.6) is 11.6 Å². The largest absolute Gasteiger partial charge is 0.497 e. The van der Waals surface area contributed by atoms with Crippen molar-refractivity contribution in [1.29, 1.82) is 0 Å². The number of carbonyl (C=O) groups excluding carboxylic acids is 1. The van der Waals surface area contributed by atoms with E-state index in [1.807, 2.05) is 48.9 Å². The van der Waals surface area contributed by atoms with Crippen molar-refractivity contribution in [1.82, 2.24) is 14.8 Å². The Morgan fingerprint density at radius 2 is 1.88 bits per heavy atom. The van der Waals surface area contributed by atoms with Gasteiger partial charge >= 0.3 is 0 Å². The van der Waals surface area contributed by atoms with Crippen LogP contribution in [0.2, 0.25) is 0 Å². The first-order valence-corrected chi connectivity index (χ1v) is 11.4. The first kappa shape index (κ1) is 23.3. The van der Waals surface area contributed by atoms with E-state index in [9.17, 15) is 4.79 Å². The Morgan fingerprint density at radius 3 is 2.62 bits per heavy atom. The Hall–Kier alpha value is -3.87. The average molecular weight is 459 g/mol. The molecule has 4 rings (SSSR count). The van der Waals surface area contributed by atoms with E-state index in [0.29, 0.717) is 36.8 Å². The van der Waals surface area contributed by atoms with Crippen LogP contribution in [0.15, 0.2) is 48.5 Å². The number of anilines is 1. The topological polar surface area (TPSA) is 78.3 Å². The number of ether oxygens (including phenoxy) is 2. The maximum Gasteiger partial charge on any atom is 0.224 e. The third-order valence-corrected chi connectivity index (χ3v) is 5.81. The lowest BCUT2D eigenvalue weighted by atomic mass is 10.0. The number of hydrogen-bond donors (Lipinski definition) is 1. The number of rotatable bonds is 8. The van der Waals surface area contributed by atoms with Gasteiger partial charge < -0.3 is 14.8 Å². The molecule has 0 unspecified atom stereocenters. The van der Waals surface area contributed by atoms with Crippen molar-refractivity contribution >= 4 is 22.6 Å².